The van der Waals surface area contributed by atoms with Crippen LogP contribution in [-0.4, -0.2) is 12.2 Å². The first kappa shape index (κ1) is 9.59. The number of hydrogen-bond donors (Lipinski definition) is 1. The Kier molecular flexibility index (Phi) is 2.59. The molecule has 0 unspecified atom stereocenters. The third-order valence-electron chi connectivity index (χ3n) is 2.28. The zero-order valence-electron chi connectivity index (χ0n) is 8.47. The van der Waals surface area contributed by atoms with Crippen molar-refractivity contribution in [1.82, 2.24) is 0 Å². The van der Waals surface area contributed by atoms with Crippen LogP contribution in [0.25, 0.3) is 11.1 Å². The minimum absolute atomic E-state index is 0.283. The molecular formula is C13H12O2. The van der Waals surface area contributed by atoms with Gasteiger partial charge >= 0.3 is 0 Å². The van der Waals surface area contributed by atoms with Crippen molar-refractivity contribution in [2.24, 2.45) is 0 Å². The van der Waals surface area contributed by atoms with Crippen molar-refractivity contribution < 1.29 is 9.84 Å². The fraction of sp³-hybridized carbons (Fsp3) is 0.0769. The highest BCUT2D eigenvalue weighted by atomic mass is 16.5. The van der Waals surface area contributed by atoms with Crippen molar-refractivity contribution in [1.29, 1.82) is 0 Å². The summed E-state index contributed by atoms with van der Waals surface area (Å²) in [5, 5.41) is 9.69. The Balaban J connectivity index is 2.49. The number of ether oxygens (including phenoxy) is 1. The minimum atomic E-state index is 0.283. The van der Waals surface area contributed by atoms with Crippen molar-refractivity contribution in [3.8, 4) is 22.6 Å². The van der Waals surface area contributed by atoms with E-state index in [0.717, 1.165) is 16.9 Å². The molecule has 0 heterocycles. The van der Waals surface area contributed by atoms with E-state index in [1.54, 1.807) is 19.2 Å². The summed E-state index contributed by atoms with van der Waals surface area (Å²) in [5.41, 5.74) is 1.77. The smallest absolute Gasteiger partial charge is 0.123 e. The topological polar surface area (TPSA) is 29.5 Å². The number of hydrogen-bond acceptors (Lipinski definition) is 2. The van der Waals surface area contributed by atoms with E-state index in [2.05, 4.69) is 0 Å². The molecule has 0 aromatic heterocycles. The molecule has 0 amide bonds. The molecule has 2 rings (SSSR count). The maximum atomic E-state index is 9.69. The molecule has 0 aliphatic carbocycles. The predicted molar refractivity (Wildman–Crippen MR) is 60.1 cm³/mol. The fourth-order valence-electron chi connectivity index (χ4n) is 1.51. The largest absolute Gasteiger partial charge is 0.507 e. The van der Waals surface area contributed by atoms with E-state index < -0.39 is 0 Å². The van der Waals surface area contributed by atoms with Crippen LogP contribution in [0.5, 0.6) is 11.5 Å². The van der Waals surface area contributed by atoms with E-state index in [9.17, 15) is 5.11 Å². The van der Waals surface area contributed by atoms with Gasteiger partial charge in [0.25, 0.3) is 0 Å². The maximum Gasteiger partial charge on any atom is 0.123 e. The van der Waals surface area contributed by atoms with Crippen molar-refractivity contribution >= 4 is 0 Å². The average Bonchev–Trinajstić information content (AvgIpc) is 2.30. The van der Waals surface area contributed by atoms with Gasteiger partial charge in [-0.3, -0.25) is 0 Å². The molecule has 1 N–H and O–H groups in total. The van der Waals surface area contributed by atoms with E-state index in [1.165, 1.54) is 0 Å². The molecule has 0 spiro atoms. The maximum absolute atomic E-state index is 9.69. The van der Waals surface area contributed by atoms with Gasteiger partial charge in [0.2, 0.25) is 0 Å². The molecule has 0 aliphatic heterocycles. The van der Waals surface area contributed by atoms with Gasteiger partial charge in [-0.1, -0.05) is 30.3 Å². The summed E-state index contributed by atoms with van der Waals surface area (Å²) in [6, 6.07) is 14.9. The Bertz CT molecular complexity index is 464. The van der Waals surface area contributed by atoms with E-state index in [4.69, 9.17) is 4.74 Å². The second-order valence-corrected chi connectivity index (χ2v) is 3.25. The molecule has 0 bridgehead atoms. The van der Waals surface area contributed by atoms with Gasteiger partial charge in [-0.25, -0.2) is 0 Å². The van der Waals surface area contributed by atoms with Crippen molar-refractivity contribution in [3.63, 3.8) is 0 Å². The van der Waals surface area contributed by atoms with Gasteiger partial charge in [-0.05, 0) is 23.8 Å². The molecule has 2 aromatic carbocycles. The molecule has 0 saturated heterocycles. The number of para-hydroxylation sites is 1. The molecule has 2 aromatic rings. The van der Waals surface area contributed by atoms with Crippen LogP contribution >= 0.6 is 0 Å². The van der Waals surface area contributed by atoms with Gasteiger partial charge in [0, 0.05) is 5.56 Å². The van der Waals surface area contributed by atoms with E-state index in [-0.39, 0.29) is 5.75 Å². The average molecular weight is 200 g/mol. The molecule has 0 radical (unpaired) electrons. The lowest BCUT2D eigenvalue weighted by Crippen LogP contribution is -1.83. The molecule has 2 heteroatoms. The second kappa shape index (κ2) is 4.05. The van der Waals surface area contributed by atoms with Crippen LogP contribution in [-0.2, 0) is 0 Å². The Hall–Kier alpha value is -1.96. The van der Waals surface area contributed by atoms with E-state index >= 15 is 0 Å². The van der Waals surface area contributed by atoms with Gasteiger partial charge in [-0.15, -0.1) is 0 Å². The first-order chi connectivity index (χ1) is 7.31. The van der Waals surface area contributed by atoms with Crippen LogP contribution in [0.4, 0.5) is 0 Å². The van der Waals surface area contributed by atoms with Gasteiger partial charge in [-0.2, -0.15) is 0 Å². The Morgan fingerprint density at radius 3 is 2.53 bits per heavy atom. The highest BCUT2D eigenvalue weighted by Gasteiger charge is 2.03. The molecular weight excluding hydrogens is 188 g/mol. The fourth-order valence-corrected chi connectivity index (χ4v) is 1.51. The zero-order chi connectivity index (χ0) is 10.7. The molecule has 15 heavy (non-hydrogen) atoms. The highest BCUT2D eigenvalue weighted by molar-refractivity contribution is 5.70. The quantitative estimate of drug-likeness (QED) is 0.807. The first-order valence-electron chi connectivity index (χ1n) is 4.73. The van der Waals surface area contributed by atoms with Crippen molar-refractivity contribution in [2.75, 3.05) is 7.11 Å². The van der Waals surface area contributed by atoms with Gasteiger partial charge in [0.15, 0.2) is 0 Å². The summed E-state index contributed by atoms with van der Waals surface area (Å²) in [5.74, 6) is 1.07. The molecule has 0 saturated carbocycles. The molecule has 2 nitrogen and oxygen atoms in total. The van der Waals surface area contributed by atoms with E-state index in [0.29, 0.717) is 0 Å². The first-order valence-corrected chi connectivity index (χ1v) is 4.73. The summed E-state index contributed by atoms with van der Waals surface area (Å²) >= 11 is 0. The molecule has 76 valence electrons. The number of rotatable bonds is 2. The standard InChI is InChI=1S/C13H12O2/c1-15-11-6-4-5-10(9-11)12-7-2-3-8-13(12)14/h2-9,14H,1H3. The van der Waals surface area contributed by atoms with Crippen LogP contribution in [0.1, 0.15) is 0 Å². The third kappa shape index (κ3) is 1.94. The monoisotopic (exact) mass is 200 g/mol. The number of phenols is 1. The van der Waals surface area contributed by atoms with Crippen LogP contribution in [0, 0.1) is 0 Å². The molecule has 0 atom stereocenters. The van der Waals surface area contributed by atoms with Gasteiger partial charge in [0.05, 0.1) is 7.11 Å². The van der Waals surface area contributed by atoms with Crippen molar-refractivity contribution in [2.45, 2.75) is 0 Å². The second-order valence-electron chi connectivity index (χ2n) is 3.25. The van der Waals surface area contributed by atoms with E-state index in [1.807, 2.05) is 36.4 Å². The Labute approximate surface area is 88.8 Å². The molecule has 0 aliphatic rings. The van der Waals surface area contributed by atoms with Gasteiger partial charge in [0.1, 0.15) is 11.5 Å². The normalized spacial score (nSPS) is 9.93. The van der Waals surface area contributed by atoms with Crippen LogP contribution < -0.4 is 4.74 Å². The zero-order valence-corrected chi connectivity index (χ0v) is 8.47. The summed E-state index contributed by atoms with van der Waals surface area (Å²) in [6.07, 6.45) is 0. The third-order valence-corrected chi connectivity index (χ3v) is 2.28. The van der Waals surface area contributed by atoms with Crippen LogP contribution in [0.2, 0.25) is 0 Å². The lowest BCUT2D eigenvalue weighted by atomic mass is 10.0. The lowest BCUT2D eigenvalue weighted by molar-refractivity contribution is 0.415. The minimum Gasteiger partial charge on any atom is -0.507 e. The van der Waals surface area contributed by atoms with Crippen LogP contribution in [0.15, 0.2) is 48.5 Å². The number of aromatic hydroxyl groups is 1. The highest BCUT2D eigenvalue weighted by Crippen LogP contribution is 2.30. The SMILES string of the molecule is COc1cccc(-c2ccccc2O)c1. The lowest BCUT2D eigenvalue weighted by Gasteiger charge is -2.06. The Morgan fingerprint density at radius 1 is 1.00 bits per heavy atom. The number of methoxy groups -OCH3 is 1. The Morgan fingerprint density at radius 2 is 1.80 bits per heavy atom. The molecule has 0 fully saturated rings. The number of phenolic OH excluding ortho intramolecular Hbond substituents is 1. The summed E-state index contributed by atoms with van der Waals surface area (Å²) in [6.45, 7) is 0. The van der Waals surface area contributed by atoms with Gasteiger partial charge < -0.3 is 9.84 Å². The summed E-state index contributed by atoms with van der Waals surface area (Å²) < 4.78 is 5.13. The van der Waals surface area contributed by atoms with Crippen molar-refractivity contribution in [3.05, 3.63) is 48.5 Å². The number of benzene rings is 2. The summed E-state index contributed by atoms with van der Waals surface area (Å²) in [4.78, 5) is 0. The summed E-state index contributed by atoms with van der Waals surface area (Å²) in [7, 11) is 1.63. The van der Waals surface area contributed by atoms with Crippen LogP contribution in [0.3, 0.4) is 0 Å². The predicted octanol–water partition coefficient (Wildman–Crippen LogP) is 3.07.